The number of hydrogen-bond donors (Lipinski definition) is 3. The summed E-state index contributed by atoms with van der Waals surface area (Å²) in [7, 11) is 1.43. The molecule has 2 heterocycles. The van der Waals surface area contributed by atoms with Crippen LogP contribution in [0.4, 0.5) is 0 Å². The third-order valence-corrected chi connectivity index (χ3v) is 4.72. The van der Waals surface area contributed by atoms with Crippen molar-refractivity contribution < 1.29 is 4.79 Å². The summed E-state index contributed by atoms with van der Waals surface area (Å²) in [6.45, 7) is 9.07. The Morgan fingerprint density at radius 2 is 1.84 bits per heavy atom. The lowest BCUT2D eigenvalue weighted by Crippen LogP contribution is -2.58. The Hall–Kier alpha value is -1.89. The third-order valence-electron chi connectivity index (χ3n) is 4.72. The number of aromatic nitrogens is 2. The van der Waals surface area contributed by atoms with Gasteiger partial charge in [0.2, 0.25) is 5.91 Å². The first kappa shape index (κ1) is 19.4. The van der Waals surface area contributed by atoms with Gasteiger partial charge in [0.25, 0.3) is 5.56 Å². The van der Waals surface area contributed by atoms with Crippen LogP contribution in [-0.2, 0) is 18.3 Å². The Balaban J connectivity index is 1.86. The molecule has 1 aliphatic heterocycles. The number of amides is 1. The van der Waals surface area contributed by atoms with Gasteiger partial charge >= 0.3 is 5.69 Å². The van der Waals surface area contributed by atoms with E-state index in [1.165, 1.54) is 13.2 Å². The number of H-pyrrole nitrogens is 1. The molecule has 1 fully saturated rings. The van der Waals surface area contributed by atoms with E-state index in [-0.39, 0.29) is 22.5 Å². The van der Waals surface area contributed by atoms with Crippen LogP contribution in [0.25, 0.3) is 0 Å². The summed E-state index contributed by atoms with van der Waals surface area (Å²) in [5.41, 5.74) is -0.218. The monoisotopic (exact) mass is 350 g/mol. The molecule has 7 heteroatoms. The van der Waals surface area contributed by atoms with Gasteiger partial charge in [-0.3, -0.25) is 14.2 Å². The van der Waals surface area contributed by atoms with Gasteiger partial charge in [-0.2, -0.15) is 0 Å². The topological polar surface area (TPSA) is 96.0 Å². The number of nitrogens with zero attached hydrogens (tertiary/aromatic N) is 1. The molecule has 0 unspecified atom stereocenters. The zero-order valence-electron chi connectivity index (χ0n) is 15.9. The van der Waals surface area contributed by atoms with Gasteiger partial charge < -0.3 is 15.6 Å². The largest absolute Gasteiger partial charge is 0.356 e. The summed E-state index contributed by atoms with van der Waals surface area (Å²) in [6, 6.07) is 0. The van der Waals surface area contributed by atoms with Crippen LogP contribution >= 0.6 is 0 Å². The Labute approximate surface area is 148 Å². The lowest BCUT2D eigenvalue weighted by molar-refractivity contribution is -0.122. The van der Waals surface area contributed by atoms with Gasteiger partial charge in [-0.05, 0) is 52.9 Å². The van der Waals surface area contributed by atoms with Crippen LogP contribution < -0.4 is 21.9 Å². The molecule has 3 N–H and O–H groups in total. The Morgan fingerprint density at radius 3 is 2.44 bits per heavy atom. The van der Waals surface area contributed by atoms with Gasteiger partial charge in [0.05, 0.1) is 0 Å². The zero-order chi connectivity index (χ0) is 18.8. The van der Waals surface area contributed by atoms with E-state index >= 15 is 0 Å². The van der Waals surface area contributed by atoms with Crippen LogP contribution in [0.15, 0.2) is 15.8 Å². The molecule has 0 atom stereocenters. The molecule has 2 rings (SSSR count). The predicted molar refractivity (Wildman–Crippen MR) is 97.7 cm³/mol. The van der Waals surface area contributed by atoms with Gasteiger partial charge in [0, 0.05) is 42.9 Å². The van der Waals surface area contributed by atoms with Crippen LogP contribution in [0.1, 0.15) is 52.5 Å². The molecule has 0 aliphatic carbocycles. The van der Waals surface area contributed by atoms with Gasteiger partial charge in [-0.25, -0.2) is 4.79 Å². The van der Waals surface area contributed by atoms with Crippen molar-refractivity contribution in [3.05, 3.63) is 32.6 Å². The van der Waals surface area contributed by atoms with Crippen molar-refractivity contribution in [1.82, 2.24) is 20.2 Å². The van der Waals surface area contributed by atoms with Crippen molar-refractivity contribution >= 4 is 5.91 Å². The molecule has 1 saturated heterocycles. The minimum absolute atomic E-state index is 0.0137. The molecular weight excluding hydrogens is 320 g/mol. The smallest absolute Gasteiger partial charge is 0.328 e. The molecule has 0 bridgehead atoms. The summed E-state index contributed by atoms with van der Waals surface area (Å²) in [4.78, 5) is 38.1. The molecule has 1 aromatic rings. The number of piperidine rings is 1. The fourth-order valence-electron chi connectivity index (χ4n) is 4.14. The van der Waals surface area contributed by atoms with Crippen molar-refractivity contribution in [2.75, 3.05) is 6.54 Å². The summed E-state index contributed by atoms with van der Waals surface area (Å²) >= 11 is 0. The third kappa shape index (κ3) is 5.29. The van der Waals surface area contributed by atoms with Crippen LogP contribution in [0.2, 0.25) is 0 Å². The molecule has 1 amide bonds. The highest BCUT2D eigenvalue weighted by Crippen LogP contribution is 2.34. The molecule has 7 nitrogen and oxygen atoms in total. The minimum atomic E-state index is -0.436. The number of hydrogen-bond acceptors (Lipinski definition) is 4. The van der Waals surface area contributed by atoms with Gasteiger partial charge in [0.15, 0.2) is 0 Å². The second kappa shape index (κ2) is 7.15. The second-order valence-electron chi connectivity index (χ2n) is 8.45. The highest BCUT2D eigenvalue weighted by Gasteiger charge is 2.38. The van der Waals surface area contributed by atoms with E-state index in [1.54, 1.807) is 0 Å². The molecular formula is C18H30N4O3. The van der Waals surface area contributed by atoms with Crippen LogP contribution in [0.3, 0.4) is 0 Å². The summed E-state index contributed by atoms with van der Waals surface area (Å²) < 4.78 is 1.04. The van der Waals surface area contributed by atoms with Crippen molar-refractivity contribution in [2.45, 2.75) is 64.5 Å². The molecule has 0 aromatic carbocycles. The van der Waals surface area contributed by atoms with Gasteiger partial charge in [-0.1, -0.05) is 0 Å². The van der Waals surface area contributed by atoms with E-state index in [4.69, 9.17) is 0 Å². The van der Waals surface area contributed by atoms with Crippen LogP contribution in [0.5, 0.6) is 0 Å². The zero-order valence-corrected chi connectivity index (χ0v) is 15.9. The normalized spacial score (nSPS) is 19.6. The summed E-state index contributed by atoms with van der Waals surface area (Å²) in [5, 5.41) is 6.51. The van der Waals surface area contributed by atoms with E-state index in [0.29, 0.717) is 30.9 Å². The SMILES string of the molecule is Cn1c(=O)[nH]cc(CCNC(=O)CC2CC(C)(C)NC(C)(C)C2)c1=O. The first-order valence-corrected chi connectivity index (χ1v) is 8.83. The molecule has 1 aliphatic rings. The molecule has 25 heavy (non-hydrogen) atoms. The number of aromatic amines is 1. The number of rotatable bonds is 5. The maximum absolute atomic E-state index is 12.3. The van der Waals surface area contributed by atoms with Crippen LogP contribution in [0, 0.1) is 5.92 Å². The standard InChI is InChI=1S/C18H30N4O3/c1-17(2)9-12(10-18(3,4)21-17)8-14(23)19-7-6-13-11-20-16(25)22(5)15(13)24/h11-12,21H,6-10H2,1-5H3,(H,19,23)(H,20,25). The Bertz CT molecular complexity index is 729. The van der Waals surface area contributed by atoms with Crippen LogP contribution in [-0.4, -0.2) is 33.1 Å². The van der Waals surface area contributed by atoms with Crippen molar-refractivity contribution in [3.8, 4) is 0 Å². The average Bonchev–Trinajstić information content (AvgIpc) is 2.44. The maximum Gasteiger partial charge on any atom is 0.328 e. The minimum Gasteiger partial charge on any atom is -0.356 e. The van der Waals surface area contributed by atoms with E-state index in [9.17, 15) is 14.4 Å². The van der Waals surface area contributed by atoms with Gasteiger partial charge in [-0.15, -0.1) is 0 Å². The quantitative estimate of drug-likeness (QED) is 0.728. The number of nitrogens with one attached hydrogen (secondary N) is 3. The molecule has 0 spiro atoms. The van der Waals surface area contributed by atoms with Gasteiger partial charge in [0.1, 0.15) is 0 Å². The number of carbonyl (C=O) groups is 1. The fraction of sp³-hybridized carbons (Fsp3) is 0.722. The van der Waals surface area contributed by atoms with E-state index < -0.39 is 5.69 Å². The first-order valence-electron chi connectivity index (χ1n) is 8.83. The van der Waals surface area contributed by atoms with E-state index in [0.717, 1.165) is 17.4 Å². The number of carbonyl (C=O) groups excluding carboxylic acids is 1. The lowest BCUT2D eigenvalue weighted by Gasteiger charge is -2.46. The molecule has 0 saturated carbocycles. The Kier molecular flexibility index (Phi) is 5.56. The Morgan fingerprint density at radius 1 is 1.24 bits per heavy atom. The summed E-state index contributed by atoms with van der Waals surface area (Å²) in [6.07, 6.45) is 4.25. The molecule has 0 radical (unpaired) electrons. The first-order chi connectivity index (χ1) is 11.5. The van der Waals surface area contributed by atoms with E-state index in [2.05, 4.69) is 43.3 Å². The average molecular weight is 350 g/mol. The predicted octanol–water partition coefficient (Wildman–Crippen LogP) is 0.679. The van der Waals surface area contributed by atoms with Crippen molar-refractivity contribution in [1.29, 1.82) is 0 Å². The summed E-state index contributed by atoms with van der Waals surface area (Å²) in [5.74, 6) is 0.354. The second-order valence-corrected chi connectivity index (χ2v) is 8.45. The maximum atomic E-state index is 12.3. The van der Waals surface area contributed by atoms with Crippen molar-refractivity contribution in [2.24, 2.45) is 13.0 Å². The molecule has 140 valence electrons. The highest BCUT2D eigenvalue weighted by molar-refractivity contribution is 5.76. The van der Waals surface area contributed by atoms with E-state index in [1.807, 2.05) is 0 Å². The highest BCUT2D eigenvalue weighted by atomic mass is 16.2. The van der Waals surface area contributed by atoms with Crippen molar-refractivity contribution in [3.63, 3.8) is 0 Å². The molecule has 1 aromatic heterocycles. The fourth-order valence-corrected chi connectivity index (χ4v) is 4.14. The lowest BCUT2D eigenvalue weighted by atomic mass is 9.74.